The van der Waals surface area contributed by atoms with Gasteiger partial charge in [-0.3, -0.25) is 4.90 Å². The molecular weight excluding hydrogens is 310 g/mol. The summed E-state index contributed by atoms with van der Waals surface area (Å²) in [4.78, 5) is 2.77. The lowest BCUT2D eigenvalue weighted by Crippen LogP contribution is -2.69. The molecule has 3 heteroatoms. The number of hydrogen-bond acceptors (Lipinski definition) is 3. The van der Waals surface area contributed by atoms with Crippen LogP contribution in [0.2, 0.25) is 0 Å². The first-order chi connectivity index (χ1) is 11.9. The van der Waals surface area contributed by atoms with Gasteiger partial charge in [-0.25, -0.2) is 0 Å². The lowest BCUT2D eigenvalue weighted by atomic mass is 9.39. The Morgan fingerprint density at radius 1 is 1.20 bits per heavy atom. The van der Waals surface area contributed by atoms with E-state index in [9.17, 15) is 10.2 Å². The molecule has 7 aliphatic rings. The summed E-state index contributed by atoms with van der Waals surface area (Å²) >= 11 is 0. The Kier molecular flexibility index (Phi) is 2.73. The fourth-order valence-electron chi connectivity index (χ4n) is 10.1. The summed E-state index contributed by atoms with van der Waals surface area (Å²) in [6, 6.07) is 0.592. The molecule has 1 aliphatic heterocycles. The summed E-state index contributed by atoms with van der Waals surface area (Å²) in [7, 11) is 0. The molecule has 0 amide bonds. The third-order valence-corrected chi connectivity index (χ3v) is 10.5. The Labute approximate surface area is 151 Å². The van der Waals surface area contributed by atoms with Crippen molar-refractivity contribution in [2.75, 3.05) is 13.1 Å². The van der Waals surface area contributed by atoms with E-state index in [-0.39, 0.29) is 29.0 Å². The summed E-state index contributed by atoms with van der Waals surface area (Å²) in [5.74, 6) is 1.77. The van der Waals surface area contributed by atoms with Crippen LogP contribution in [0.25, 0.3) is 0 Å². The molecule has 138 valence electrons. The predicted octanol–water partition coefficient (Wildman–Crippen LogP) is 2.82. The molecule has 0 aromatic heterocycles. The molecule has 1 heterocycles. The van der Waals surface area contributed by atoms with Gasteiger partial charge in [-0.2, -0.15) is 0 Å². The fourth-order valence-corrected chi connectivity index (χ4v) is 10.1. The maximum absolute atomic E-state index is 11.5. The molecule has 1 saturated heterocycles. The van der Waals surface area contributed by atoms with Crippen molar-refractivity contribution in [1.82, 2.24) is 4.90 Å². The Morgan fingerprint density at radius 2 is 2.00 bits per heavy atom. The van der Waals surface area contributed by atoms with Gasteiger partial charge in [0.1, 0.15) is 0 Å². The highest BCUT2D eigenvalue weighted by Crippen LogP contribution is 2.83. The molecule has 3 nitrogen and oxygen atoms in total. The SMILES string of the molecule is C=C1C2CCC3(C4C[C@H]5C6(CCC[C@@]5(C)CN(CC)C46)[C@H]3[C@H]2O)[C@@H]1O. The zero-order chi connectivity index (χ0) is 17.4. The average molecular weight is 344 g/mol. The van der Waals surface area contributed by atoms with Gasteiger partial charge in [-0.1, -0.05) is 26.8 Å². The normalized spacial score (nSPS) is 64.6. The van der Waals surface area contributed by atoms with Crippen molar-refractivity contribution in [1.29, 1.82) is 0 Å². The zero-order valence-corrected chi connectivity index (χ0v) is 15.7. The summed E-state index contributed by atoms with van der Waals surface area (Å²) in [6.07, 6.45) is 6.75. The monoisotopic (exact) mass is 343 g/mol. The molecule has 0 radical (unpaired) electrons. The Morgan fingerprint density at radius 3 is 2.76 bits per heavy atom. The number of rotatable bonds is 1. The Balaban J connectivity index is 1.60. The minimum atomic E-state index is -0.377. The van der Waals surface area contributed by atoms with Gasteiger partial charge in [-0.05, 0) is 66.9 Å². The average Bonchev–Trinajstić information content (AvgIpc) is 2.99. The third-order valence-electron chi connectivity index (χ3n) is 10.5. The van der Waals surface area contributed by atoms with Gasteiger partial charge in [-0.15, -0.1) is 0 Å². The van der Waals surface area contributed by atoms with Crippen molar-refractivity contribution in [2.24, 2.45) is 39.9 Å². The van der Waals surface area contributed by atoms with Crippen LogP contribution in [0.4, 0.5) is 0 Å². The molecule has 7 fully saturated rings. The van der Waals surface area contributed by atoms with Crippen LogP contribution in [-0.2, 0) is 0 Å². The lowest BCUT2D eigenvalue weighted by molar-refractivity contribution is -0.227. The van der Waals surface area contributed by atoms with Crippen molar-refractivity contribution < 1.29 is 10.2 Å². The number of aliphatic hydroxyl groups excluding tert-OH is 2. The molecule has 5 unspecified atom stereocenters. The number of nitrogens with zero attached hydrogens (tertiary/aromatic N) is 1. The van der Waals surface area contributed by atoms with Crippen LogP contribution in [0, 0.1) is 39.9 Å². The number of hydrogen-bond donors (Lipinski definition) is 2. The first-order valence-electron chi connectivity index (χ1n) is 10.7. The molecule has 2 spiro atoms. The van der Waals surface area contributed by atoms with Crippen LogP contribution >= 0.6 is 0 Å². The molecule has 6 aliphatic carbocycles. The highest BCUT2D eigenvalue weighted by molar-refractivity contribution is 5.38. The van der Waals surface area contributed by atoms with Crippen LogP contribution in [0.5, 0.6) is 0 Å². The molecule has 0 aromatic carbocycles. The summed E-state index contributed by atoms with van der Waals surface area (Å²) in [5.41, 5.74) is 1.54. The van der Waals surface area contributed by atoms with E-state index in [1.165, 1.54) is 32.2 Å². The zero-order valence-electron chi connectivity index (χ0n) is 15.7. The Hall–Kier alpha value is -0.380. The highest BCUT2D eigenvalue weighted by atomic mass is 16.3. The van der Waals surface area contributed by atoms with Crippen molar-refractivity contribution in [3.8, 4) is 0 Å². The second kappa shape index (κ2) is 4.36. The van der Waals surface area contributed by atoms with Crippen molar-refractivity contribution in [3.05, 3.63) is 12.2 Å². The summed E-state index contributed by atoms with van der Waals surface area (Å²) in [6.45, 7) is 11.5. The van der Waals surface area contributed by atoms with Gasteiger partial charge >= 0.3 is 0 Å². The standard InChI is InChI=1S/C22H33NO2/c1-4-23-11-20(3)7-5-8-22-15(20)10-14(18(22)23)21-9-6-13(12(2)19(21)25)16(24)17(21)22/h13-19,24-25H,2,4-11H2,1,3H3/t13?,14?,15-,16+,17+,18?,19-,20+,21?,22?/m1/s1. The van der Waals surface area contributed by atoms with Crippen LogP contribution < -0.4 is 0 Å². The highest BCUT2D eigenvalue weighted by Gasteiger charge is 2.84. The number of aliphatic hydroxyl groups is 2. The van der Waals surface area contributed by atoms with Gasteiger partial charge < -0.3 is 10.2 Å². The van der Waals surface area contributed by atoms with Gasteiger partial charge in [0.15, 0.2) is 0 Å². The largest absolute Gasteiger partial charge is 0.392 e. The minimum absolute atomic E-state index is 0.0809. The molecular formula is C22H33NO2. The second-order valence-electron chi connectivity index (χ2n) is 10.7. The van der Waals surface area contributed by atoms with E-state index in [4.69, 9.17) is 0 Å². The quantitative estimate of drug-likeness (QED) is 0.720. The van der Waals surface area contributed by atoms with Crippen LogP contribution in [-0.4, -0.2) is 46.5 Å². The van der Waals surface area contributed by atoms with Gasteiger partial charge in [0.2, 0.25) is 0 Å². The molecule has 2 N–H and O–H groups in total. The van der Waals surface area contributed by atoms with E-state index in [0.717, 1.165) is 30.9 Å². The second-order valence-corrected chi connectivity index (χ2v) is 10.7. The van der Waals surface area contributed by atoms with E-state index in [0.29, 0.717) is 23.3 Å². The first kappa shape index (κ1) is 15.7. The maximum Gasteiger partial charge on any atom is 0.0814 e. The summed E-state index contributed by atoms with van der Waals surface area (Å²) in [5, 5.41) is 22.9. The van der Waals surface area contributed by atoms with Gasteiger partial charge in [0, 0.05) is 29.8 Å². The lowest BCUT2D eigenvalue weighted by Gasteiger charge is -2.68. The molecule has 7 bridgehead atoms. The summed E-state index contributed by atoms with van der Waals surface area (Å²) < 4.78 is 0. The first-order valence-corrected chi connectivity index (χ1v) is 10.7. The smallest absolute Gasteiger partial charge is 0.0814 e. The molecule has 6 saturated carbocycles. The number of likely N-dealkylation sites (tertiary alicyclic amines) is 1. The van der Waals surface area contributed by atoms with E-state index >= 15 is 0 Å². The van der Waals surface area contributed by atoms with E-state index < -0.39 is 0 Å². The molecule has 0 aromatic rings. The molecule has 10 atom stereocenters. The van der Waals surface area contributed by atoms with Crippen molar-refractivity contribution in [3.63, 3.8) is 0 Å². The minimum Gasteiger partial charge on any atom is -0.392 e. The molecule has 25 heavy (non-hydrogen) atoms. The van der Waals surface area contributed by atoms with E-state index in [2.05, 4.69) is 25.3 Å². The maximum atomic E-state index is 11.5. The van der Waals surface area contributed by atoms with Gasteiger partial charge in [0.05, 0.1) is 12.2 Å². The topological polar surface area (TPSA) is 43.7 Å². The number of piperidine rings is 1. The molecule has 7 rings (SSSR count). The Bertz CT molecular complexity index is 662. The van der Waals surface area contributed by atoms with Crippen molar-refractivity contribution >= 4 is 0 Å². The number of fused-ring (bicyclic) bond motifs is 2. The van der Waals surface area contributed by atoms with Crippen LogP contribution in [0.3, 0.4) is 0 Å². The van der Waals surface area contributed by atoms with Crippen LogP contribution in [0.1, 0.15) is 52.4 Å². The third kappa shape index (κ3) is 1.34. The fraction of sp³-hybridized carbons (Fsp3) is 0.909. The van der Waals surface area contributed by atoms with E-state index in [1.54, 1.807) is 0 Å². The van der Waals surface area contributed by atoms with Crippen LogP contribution in [0.15, 0.2) is 12.2 Å². The van der Waals surface area contributed by atoms with Crippen molar-refractivity contribution in [2.45, 2.75) is 70.6 Å². The van der Waals surface area contributed by atoms with E-state index in [1.807, 2.05) is 0 Å². The predicted molar refractivity (Wildman–Crippen MR) is 96.8 cm³/mol. The van der Waals surface area contributed by atoms with Gasteiger partial charge in [0.25, 0.3) is 0 Å².